The summed E-state index contributed by atoms with van der Waals surface area (Å²) in [6.07, 6.45) is 1.97. The topological polar surface area (TPSA) is 38.7 Å². The Labute approximate surface area is 294 Å². The first kappa shape index (κ1) is 29.0. The van der Waals surface area contributed by atoms with Gasteiger partial charge in [-0.05, 0) is 75.2 Å². The second-order valence-electron chi connectivity index (χ2n) is 13.7. The van der Waals surface area contributed by atoms with Crippen molar-refractivity contribution in [3.8, 4) is 56.2 Å². The van der Waals surface area contributed by atoms with Gasteiger partial charge in [0.25, 0.3) is 0 Å². The van der Waals surface area contributed by atoms with Crippen LogP contribution in [-0.4, -0.2) is 15.0 Å². The molecule has 0 aliphatic heterocycles. The molecule has 0 radical (unpaired) electrons. The minimum absolute atomic E-state index is 0.0487. The van der Waals surface area contributed by atoms with Crippen molar-refractivity contribution in [2.45, 2.75) is 19.3 Å². The molecule has 1 aliphatic rings. The van der Waals surface area contributed by atoms with Gasteiger partial charge in [0.2, 0.25) is 0 Å². The van der Waals surface area contributed by atoms with E-state index >= 15 is 0 Å². The monoisotopic (exact) mass is 657 g/mol. The Bertz CT molecular complexity index is 2790. The van der Waals surface area contributed by atoms with E-state index < -0.39 is 0 Å². The van der Waals surface area contributed by atoms with Crippen molar-refractivity contribution >= 4 is 42.4 Å². The Balaban J connectivity index is 1.23. The summed E-state index contributed by atoms with van der Waals surface area (Å²) in [6, 6.07) is 52.1. The van der Waals surface area contributed by atoms with Crippen LogP contribution in [0, 0.1) is 0 Å². The highest BCUT2D eigenvalue weighted by Gasteiger charge is 2.35. The summed E-state index contributed by atoms with van der Waals surface area (Å²) in [5.41, 5.74) is 13.5. The number of hydrogen-bond acceptors (Lipinski definition) is 4. The molecule has 50 heavy (non-hydrogen) atoms. The van der Waals surface area contributed by atoms with Crippen LogP contribution in [0.3, 0.4) is 0 Å². The Kier molecular flexibility index (Phi) is 6.39. The number of nitrogens with zero attached hydrogens (tertiary/aromatic N) is 3. The van der Waals surface area contributed by atoms with E-state index in [1.807, 2.05) is 6.20 Å². The molecule has 0 N–H and O–H groups in total. The third-order valence-corrected chi connectivity index (χ3v) is 11.5. The Morgan fingerprint density at radius 1 is 0.520 bits per heavy atom. The van der Waals surface area contributed by atoms with E-state index in [1.54, 1.807) is 11.3 Å². The van der Waals surface area contributed by atoms with E-state index in [0.29, 0.717) is 5.82 Å². The number of aromatic nitrogens is 3. The van der Waals surface area contributed by atoms with Crippen LogP contribution < -0.4 is 0 Å². The molecule has 3 aromatic heterocycles. The Morgan fingerprint density at radius 2 is 1.24 bits per heavy atom. The van der Waals surface area contributed by atoms with Gasteiger partial charge in [-0.25, -0.2) is 9.97 Å². The van der Waals surface area contributed by atoms with Gasteiger partial charge in [0.15, 0.2) is 5.82 Å². The molecule has 0 amide bonds. The lowest BCUT2D eigenvalue weighted by molar-refractivity contribution is 0.660. The standard InChI is InChI=1S/C46H31N3S/c1-46(2)38-18-10-8-16-35(38)37-25-30(20-21-39(37)46)32-22-33(40-26-29-14-6-7-15-31(29)27-47-40)24-34(23-32)45-48-42(28-12-4-3-5-13-28)44-43(49-45)36-17-9-11-19-41(36)50-44/h3-27H,1-2H3. The summed E-state index contributed by atoms with van der Waals surface area (Å²) in [5.74, 6) is 0.705. The number of hydrogen-bond donors (Lipinski definition) is 0. The smallest absolute Gasteiger partial charge is 0.160 e. The lowest BCUT2D eigenvalue weighted by Crippen LogP contribution is -2.14. The average Bonchev–Trinajstić information content (AvgIpc) is 3.66. The fourth-order valence-corrected chi connectivity index (χ4v) is 8.88. The quantitative estimate of drug-likeness (QED) is 0.189. The number of thiophene rings is 1. The van der Waals surface area contributed by atoms with E-state index in [4.69, 9.17) is 15.0 Å². The average molecular weight is 658 g/mol. The number of rotatable bonds is 4. The predicted octanol–water partition coefficient (Wildman–Crippen LogP) is 12.4. The summed E-state index contributed by atoms with van der Waals surface area (Å²) in [6.45, 7) is 4.65. The molecule has 0 fully saturated rings. The van der Waals surface area contributed by atoms with Crippen molar-refractivity contribution in [2.75, 3.05) is 0 Å². The first-order valence-corrected chi connectivity index (χ1v) is 17.8. The molecule has 9 aromatic rings. The summed E-state index contributed by atoms with van der Waals surface area (Å²) < 4.78 is 2.32. The normalized spacial score (nSPS) is 13.2. The van der Waals surface area contributed by atoms with Crippen LogP contribution in [0.25, 0.3) is 87.2 Å². The van der Waals surface area contributed by atoms with Crippen LogP contribution in [0.5, 0.6) is 0 Å². The number of fused-ring (bicyclic) bond motifs is 7. The number of benzene rings is 6. The number of pyridine rings is 1. The molecule has 0 unspecified atom stereocenters. The van der Waals surface area contributed by atoms with Crippen molar-refractivity contribution in [2.24, 2.45) is 0 Å². The Morgan fingerprint density at radius 3 is 2.14 bits per heavy atom. The molecule has 1 aliphatic carbocycles. The SMILES string of the molecule is CC1(C)c2ccccc2-c2cc(-c3cc(-c4cc5ccccc5cn4)cc(-c4nc(-c5ccccc5)c5sc6ccccc6c5n4)c3)ccc21. The molecular formula is C46H31N3S. The van der Waals surface area contributed by atoms with Gasteiger partial charge >= 0.3 is 0 Å². The second-order valence-corrected chi connectivity index (χ2v) is 14.7. The molecular weight excluding hydrogens is 627 g/mol. The van der Waals surface area contributed by atoms with Crippen LogP contribution in [0.15, 0.2) is 152 Å². The van der Waals surface area contributed by atoms with E-state index in [-0.39, 0.29) is 5.41 Å². The van der Waals surface area contributed by atoms with Crippen molar-refractivity contribution in [1.82, 2.24) is 15.0 Å². The summed E-state index contributed by atoms with van der Waals surface area (Å²) in [5, 5.41) is 3.44. The van der Waals surface area contributed by atoms with Gasteiger partial charge in [0, 0.05) is 43.8 Å². The van der Waals surface area contributed by atoms with Gasteiger partial charge in [-0.1, -0.05) is 123 Å². The van der Waals surface area contributed by atoms with Gasteiger partial charge in [-0.3, -0.25) is 4.98 Å². The first-order chi connectivity index (χ1) is 24.5. The fraction of sp³-hybridized carbons (Fsp3) is 0.0652. The van der Waals surface area contributed by atoms with Crippen LogP contribution >= 0.6 is 11.3 Å². The maximum absolute atomic E-state index is 5.34. The summed E-state index contributed by atoms with van der Waals surface area (Å²) in [4.78, 5) is 15.6. The zero-order chi connectivity index (χ0) is 33.4. The molecule has 6 aromatic carbocycles. The Hall–Kier alpha value is -5.97. The lowest BCUT2D eigenvalue weighted by atomic mass is 9.82. The first-order valence-electron chi connectivity index (χ1n) is 17.0. The van der Waals surface area contributed by atoms with Crippen molar-refractivity contribution in [3.05, 3.63) is 163 Å². The van der Waals surface area contributed by atoms with Crippen LogP contribution in [0.1, 0.15) is 25.0 Å². The zero-order valence-corrected chi connectivity index (χ0v) is 28.5. The molecule has 0 saturated heterocycles. The van der Waals surface area contributed by atoms with Gasteiger partial charge < -0.3 is 0 Å². The van der Waals surface area contributed by atoms with Gasteiger partial charge in [-0.15, -0.1) is 11.3 Å². The zero-order valence-electron chi connectivity index (χ0n) is 27.7. The molecule has 0 spiro atoms. The third-order valence-electron chi connectivity index (χ3n) is 10.3. The third kappa shape index (κ3) is 4.53. The lowest BCUT2D eigenvalue weighted by Gasteiger charge is -2.21. The highest BCUT2D eigenvalue weighted by atomic mass is 32.1. The predicted molar refractivity (Wildman–Crippen MR) is 210 cm³/mol. The van der Waals surface area contributed by atoms with Crippen molar-refractivity contribution in [1.29, 1.82) is 0 Å². The molecule has 236 valence electrons. The molecule has 0 saturated carbocycles. The van der Waals surface area contributed by atoms with Gasteiger partial charge in [0.05, 0.1) is 21.6 Å². The van der Waals surface area contributed by atoms with E-state index in [0.717, 1.165) is 65.6 Å². The molecule has 0 bridgehead atoms. The highest BCUT2D eigenvalue weighted by molar-refractivity contribution is 7.26. The summed E-state index contributed by atoms with van der Waals surface area (Å²) in [7, 11) is 0. The van der Waals surface area contributed by atoms with Gasteiger partial charge in [0.1, 0.15) is 0 Å². The van der Waals surface area contributed by atoms with Gasteiger partial charge in [-0.2, -0.15) is 0 Å². The second kappa shape index (κ2) is 11.0. The van der Waals surface area contributed by atoms with Crippen LogP contribution in [-0.2, 0) is 5.41 Å². The van der Waals surface area contributed by atoms with Crippen LogP contribution in [0.2, 0.25) is 0 Å². The largest absolute Gasteiger partial charge is 0.256 e. The maximum Gasteiger partial charge on any atom is 0.160 e. The van der Waals surface area contributed by atoms with E-state index in [2.05, 4.69) is 159 Å². The maximum atomic E-state index is 5.34. The minimum Gasteiger partial charge on any atom is -0.256 e. The molecule has 4 heteroatoms. The van der Waals surface area contributed by atoms with Crippen molar-refractivity contribution in [3.63, 3.8) is 0 Å². The van der Waals surface area contributed by atoms with Crippen molar-refractivity contribution < 1.29 is 0 Å². The molecule has 0 atom stereocenters. The molecule has 10 rings (SSSR count). The van der Waals surface area contributed by atoms with E-state index in [9.17, 15) is 0 Å². The molecule has 3 heterocycles. The minimum atomic E-state index is -0.0487. The molecule has 3 nitrogen and oxygen atoms in total. The summed E-state index contributed by atoms with van der Waals surface area (Å²) >= 11 is 1.76. The highest BCUT2D eigenvalue weighted by Crippen LogP contribution is 2.50. The van der Waals surface area contributed by atoms with E-state index in [1.165, 1.54) is 27.0 Å². The van der Waals surface area contributed by atoms with Crippen LogP contribution in [0.4, 0.5) is 0 Å². The fourth-order valence-electron chi connectivity index (χ4n) is 7.72.